The molecule has 0 N–H and O–H groups in total. The average molecular weight is 428 g/mol. The van der Waals surface area contributed by atoms with Crippen LogP contribution >= 0.6 is 22.6 Å². The van der Waals surface area contributed by atoms with Gasteiger partial charge >= 0.3 is 0 Å². The van der Waals surface area contributed by atoms with E-state index in [1.807, 2.05) is 6.07 Å². The fourth-order valence-electron chi connectivity index (χ4n) is 3.25. The average Bonchev–Trinajstić information content (AvgIpc) is 3.02. The van der Waals surface area contributed by atoms with E-state index < -0.39 is 0 Å². The van der Waals surface area contributed by atoms with Gasteiger partial charge in [0.2, 0.25) is 5.71 Å². The molecule has 3 aromatic rings. The van der Waals surface area contributed by atoms with Crippen molar-refractivity contribution in [2.24, 2.45) is 7.05 Å². The van der Waals surface area contributed by atoms with Gasteiger partial charge in [0.05, 0.1) is 21.1 Å². The number of hydrogen-bond acceptors (Lipinski definition) is 1. The van der Waals surface area contributed by atoms with Crippen LogP contribution in [0.1, 0.15) is 17.8 Å². The molecule has 4 rings (SSSR count). The SMILES string of the molecule is Cn1cccc1C1=[N+](C)C=CC(I)(c2ccc3ccccc3n2)C1. The number of alkyl halides is 1. The highest BCUT2D eigenvalue weighted by Crippen LogP contribution is 2.39. The van der Waals surface area contributed by atoms with E-state index in [-0.39, 0.29) is 3.42 Å². The first kappa shape index (κ1) is 15.6. The maximum Gasteiger partial charge on any atom is 0.207 e. The second-order valence-corrected chi connectivity index (χ2v) is 8.23. The molecule has 3 heterocycles. The summed E-state index contributed by atoms with van der Waals surface area (Å²) in [5, 5.41) is 1.18. The van der Waals surface area contributed by atoms with E-state index in [1.54, 1.807) is 0 Å². The summed E-state index contributed by atoms with van der Waals surface area (Å²) in [6, 6.07) is 16.9. The molecule has 1 unspecified atom stereocenters. The molecule has 0 saturated carbocycles. The molecule has 0 fully saturated rings. The van der Waals surface area contributed by atoms with Crippen molar-refractivity contribution in [3.63, 3.8) is 0 Å². The van der Waals surface area contributed by atoms with Crippen LogP contribution in [-0.2, 0) is 10.5 Å². The molecule has 4 heteroatoms. The van der Waals surface area contributed by atoms with Crippen LogP contribution in [0.25, 0.3) is 10.9 Å². The van der Waals surface area contributed by atoms with Gasteiger partial charge in [-0.1, -0.05) is 46.9 Å². The van der Waals surface area contributed by atoms with Crippen molar-refractivity contribution in [3.8, 4) is 0 Å². The second-order valence-electron chi connectivity index (χ2n) is 6.31. The van der Waals surface area contributed by atoms with Crippen molar-refractivity contribution in [2.45, 2.75) is 9.84 Å². The highest BCUT2D eigenvalue weighted by atomic mass is 127. The molecule has 1 aliphatic heterocycles. The first-order valence-corrected chi connectivity index (χ1v) is 9.10. The van der Waals surface area contributed by atoms with Crippen LogP contribution in [0.3, 0.4) is 0 Å². The largest absolute Gasteiger partial charge is 0.346 e. The van der Waals surface area contributed by atoms with Crippen LogP contribution < -0.4 is 0 Å². The van der Waals surface area contributed by atoms with Crippen molar-refractivity contribution >= 4 is 39.2 Å². The van der Waals surface area contributed by atoms with E-state index in [0.29, 0.717) is 0 Å². The van der Waals surface area contributed by atoms with Gasteiger partial charge in [-0.05, 0) is 24.3 Å². The standard InChI is InChI=1S/C20H19IN3/c1-23-12-5-8-17(23)18-14-20(21,11-13-24(18)2)19-10-9-15-6-3-4-7-16(15)22-19/h3-13H,14H2,1-2H3/q+1. The molecule has 0 radical (unpaired) electrons. The summed E-state index contributed by atoms with van der Waals surface area (Å²) in [7, 11) is 4.21. The molecule has 1 aliphatic rings. The lowest BCUT2D eigenvalue weighted by Crippen LogP contribution is -2.31. The quantitative estimate of drug-likeness (QED) is 0.340. The monoisotopic (exact) mass is 428 g/mol. The number of allylic oxidation sites excluding steroid dienone is 1. The van der Waals surface area contributed by atoms with Crippen molar-refractivity contribution < 1.29 is 4.58 Å². The van der Waals surface area contributed by atoms with E-state index >= 15 is 0 Å². The van der Waals surface area contributed by atoms with Gasteiger partial charge in [0.1, 0.15) is 12.7 Å². The fourth-order valence-corrected chi connectivity index (χ4v) is 4.08. The van der Waals surface area contributed by atoms with Crippen LogP contribution in [0.15, 0.2) is 67.0 Å². The molecule has 1 atom stereocenters. The smallest absolute Gasteiger partial charge is 0.207 e. The molecular formula is C20H19IN3+. The van der Waals surface area contributed by atoms with E-state index in [4.69, 9.17) is 4.98 Å². The minimum Gasteiger partial charge on any atom is -0.346 e. The number of hydrogen-bond donors (Lipinski definition) is 0. The van der Waals surface area contributed by atoms with Crippen LogP contribution in [0.5, 0.6) is 0 Å². The number of nitrogens with zero attached hydrogens (tertiary/aromatic N) is 3. The topological polar surface area (TPSA) is 20.8 Å². The Bertz CT molecular complexity index is 983. The van der Waals surface area contributed by atoms with Crippen LogP contribution in [-0.4, -0.2) is 26.9 Å². The molecule has 0 bridgehead atoms. The molecular weight excluding hydrogens is 409 g/mol. The lowest BCUT2D eigenvalue weighted by molar-refractivity contribution is -0.425. The first-order chi connectivity index (χ1) is 11.6. The van der Waals surface area contributed by atoms with Gasteiger partial charge in [0.15, 0.2) is 6.20 Å². The Labute approximate surface area is 155 Å². The number of pyridine rings is 1. The lowest BCUT2D eigenvalue weighted by Gasteiger charge is -2.25. The van der Waals surface area contributed by atoms with Gasteiger partial charge in [-0.2, -0.15) is 0 Å². The highest BCUT2D eigenvalue weighted by Gasteiger charge is 2.37. The van der Waals surface area contributed by atoms with Crippen LogP contribution in [0, 0.1) is 0 Å². The number of halogens is 1. The minimum atomic E-state index is -0.131. The molecule has 0 spiro atoms. The predicted molar refractivity (Wildman–Crippen MR) is 107 cm³/mol. The number of fused-ring (bicyclic) bond motifs is 1. The molecule has 0 amide bonds. The van der Waals surface area contributed by atoms with Gasteiger partial charge in [0, 0.05) is 24.7 Å². The molecule has 1 aromatic carbocycles. The van der Waals surface area contributed by atoms with Crippen molar-refractivity contribution in [1.29, 1.82) is 0 Å². The minimum absolute atomic E-state index is 0.131. The van der Waals surface area contributed by atoms with E-state index in [2.05, 4.69) is 107 Å². The van der Waals surface area contributed by atoms with Gasteiger partial charge < -0.3 is 4.57 Å². The van der Waals surface area contributed by atoms with Crippen molar-refractivity contribution in [1.82, 2.24) is 9.55 Å². The van der Waals surface area contributed by atoms with E-state index in [1.165, 1.54) is 16.8 Å². The summed E-state index contributed by atoms with van der Waals surface area (Å²) in [4.78, 5) is 4.94. The van der Waals surface area contributed by atoms with Gasteiger partial charge in [-0.25, -0.2) is 4.58 Å². The fraction of sp³-hybridized carbons (Fsp3) is 0.200. The zero-order chi connectivity index (χ0) is 16.7. The summed E-state index contributed by atoms with van der Waals surface area (Å²) >= 11 is 2.54. The third-order valence-electron chi connectivity index (χ3n) is 4.68. The maximum atomic E-state index is 4.94. The Morgan fingerprint density at radius 2 is 1.96 bits per heavy atom. The molecule has 0 aliphatic carbocycles. The third-order valence-corrected chi connectivity index (χ3v) is 5.97. The zero-order valence-electron chi connectivity index (χ0n) is 13.8. The predicted octanol–water partition coefficient (Wildman–Crippen LogP) is 4.25. The highest BCUT2D eigenvalue weighted by molar-refractivity contribution is 14.1. The van der Waals surface area contributed by atoms with Crippen LogP contribution in [0.4, 0.5) is 0 Å². The first-order valence-electron chi connectivity index (χ1n) is 8.02. The Morgan fingerprint density at radius 3 is 2.75 bits per heavy atom. The molecule has 3 nitrogen and oxygen atoms in total. The summed E-state index contributed by atoms with van der Waals surface area (Å²) in [6.45, 7) is 0. The maximum absolute atomic E-state index is 4.94. The van der Waals surface area contributed by atoms with Gasteiger partial charge in [0.25, 0.3) is 0 Å². The van der Waals surface area contributed by atoms with E-state index in [9.17, 15) is 0 Å². The van der Waals surface area contributed by atoms with Gasteiger partial charge in [-0.3, -0.25) is 4.98 Å². The summed E-state index contributed by atoms with van der Waals surface area (Å²) in [5.74, 6) is 0. The summed E-state index contributed by atoms with van der Waals surface area (Å²) in [5.41, 5.74) is 4.73. The Balaban J connectivity index is 1.78. The Hall–Kier alpha value is -1.95. The summed E-state index contributed by atoms with van der Waals surface area (Å²) < 4.78 is 4.26. The lowest BCUT2D eigenvalue weighted by atomic mass is 9.93. The number of rotatable bonds is 2. The third kappa shape index (κ3) is 2.59. The Kier molecular flexibility index (Phi) is 3.79. The van der Waals surface area contributed by atoms with Crippen molar-refractivity contribution in [2.75, 3.05) is 7.05 Å². The van der Waals surface area contributed by atoms with E-state index in [0.717, 1.165) is 17.6 Å². The number of aryl methyl sites for hydroxylation is 1. The molecule has 120 valence electrons. The zero-order valence-corrected chi connectivity index (χ0v) is 15.9. The Morgan fingerprint density at radius 1 is 1.12 bits per heavy atom. The molecule has 0 saturated heterocycles. The number of para-hydroxylation sites is 1. The molecule has 2 aromatic heterocycles. The van der Waals surface area contributed by atoms with Crippen molar-refractivity contribution in [3.05, 3.63) is 78.4 Å². The normalized spacial score (nSPS) is 20.8. The number of benzene rings is 1. The van der Waals surface area contributed by atoms with Crippen LogP contribution in [0.2, 0.25) is 0 Å². The molecule has 24 heavy (non-hydrogen) atoms. The second kappa shape index (κ2) is 5.84. The van der Waals surface area contributed by atoms with Gasteiger partial charge in [-0.15, -0.1) is 0 Å². The number of aromatic nitrogens is 2. The summed E-state index contributed by atoms with van der Waals surface area (Å²) in [6.07, 6.45) is 7.44.